The fourth-order valence-electron chi connectivity index (χ4n) is 3.97. The Kier molecular flexibility index (Phi) is 5.86. The minimum atomic E-state index is -0.516. The summed E-state index contributed by atoms with van der Waals surface area (Å²) in [6.45, 7) is 7.42. The molecule has 1 amide bonds. The van der Waals surface area contributed by atoms with Crippen molar-refractivity contribution in [1.82, 2.24) is 15.1 Å². The molecule has 0 saturated carbocycles. The van der Waals surface area contributed by atoms with E-state index in [0.29, 0.717) is 22.8 Å². The van der Waals surface area contributed by atoms with Gasteiger partial charge in [0, 0.05) is 11.0 Å². The highest BCUT2D eigenvalue weighted by Crippen LogP contribution is 2.36. The van der Waals surface area contributed by atoms with Gasteiger partial charge in [-0.2, -0.15) is 5.10 Å². The van der Waals surface area contributed by atoms with Crippen molar-refractivity contribution in [1.29, 1.82) is 0 Å². The monoisotopic (exact) mass is 473 g/mol. The minimum Gasteiger partial charge on any atom is -0.484 e. The Morgan fingerprint density at radius 3 is 2.66 bits per heavy atom. The predicted octanol–water partition coefficient (Wildman–Crippen LogP) is 5.09. The van der Waals surface area contributed by atoms with Crippen LogP contribution in [-0.4, -0.2) is 28.5 Å². The molecule has 0 unspecified atom stereocenters. The Bertz CT molecular complexity index is 1410. The fraction of sp³-hybridized carbons (Fsp3) is 0.185. The summed E-state index contributed by atoms with van der Waals surface area (Å²) < 4.78 is 32.4. The number of carbonyl (C=O) groups excluding carboxylic acids is 1. The third-order valence-electron chi connectivity index (χ3n) is 5.80. The number of fused-ring (bicyclic) bond motifs is 2. The van der Waals surface area contributed by atoms with Crippen molar-refractivity contribution >= 4 is 16.8 Å². The molecule has 178 valence electrons. The molecule has 2 atom stereocenters. The van der Waals surface area contributed by atoms with Crippen LogP contribution in [0.1, 0.15) is 25.5 Å². The number of hydrogen-bond donors (Lipinski definition) is 1. The summed E-state index contributed by atoms with van der Waals surface area (Å²) in [6, 6.07) is 17.0. The van der Waals surface area contributed by atoms with E-state index in [-0.39, 0.29) is 24.6 Å². The van der Waals surface area contributed by atoms with Gasteiger partial charge in [0.05, 0.1) is 23.4 Å². The summed E-state index contributed by atoms with van der Waals surface area (Å²) in [5.74, 6) is 1.35. The molecular formula is C27H24FN3O4. The molecule has 2 heterocycles. The first kappa shape index (κ1) is 22.5. The van der Waals surface area contributed by atoms with Crippen LogP contribution in [0.3, 0.4) is 0 Å². The molecule has 35 heavy (non-hydrogen) atoms. The third kappa shape index (κ3) is 4.55. The van der Waals surface area contributed by atoms with Crippen LogP contribution in [0.4, 0.5) is 4.39 Å². The van der Waals surface area contributed by atoms with Gasteiger partial charge < -0.3 is 19.5 Å². The number of benzene rings is 3. The standard InChI is InChI=1S/C27H24FN3O4/c1-16(2)27(32)30-17(3)26(18-4-11-24-25(13-18)34-15-33-24)35-22-9-10-23-19(12-22)14-29-31(23)21-7-5-20(28)6-8-21/h4-14,17,26H,1,15H2,2-3H3,(H,30,32)/t17-,26-/m0/s1. The van der Waals surface area contributed by atoms with Gasteiger partial charge in [0.1, 0.15) is 17.7 Å². The molecule has 1 aliphatic heterocycles. The fourth-order valence-corrected chi connectivity index (χ4v) is 3.97. The van der Waals surface area contributed by atoms with E-state index in [0.717, 1.165) is 22.2 Å². The largest absolute Gasteiger partial charge is 0.484 e. The van der Waals surface area contributed by atoms with Crippen molar-refractivity contribution in [2.45, 2.75) is 26.0 Å². The van der Waals surface area contributed by atoms with Crippen LogP contribution in [0.25, 0.3) is 16.6 Å². The van der Waals surface area contributed by atoms with Crippen molar-refractivity contribution in [3.63, 3.8) is 0 Å². The van der Waals surface area contributed by atoms with E-state index in [1.165, 1.54) is 12.1 Å². The molecule has 8 heteroatoms. The Labute approximate surface area is 201 Å². The molecule has 1 N–H and O–H groups in total. The third-order valence-corrected chi connectivity index (χ3v) is 5.80. The maximum Gasteiger partial charge on any atom is 0.246 e. The number of amides is 1. The summed E-state index contributed by atoms with van der Waals surface area (Å²) in [6.07, 6.45) is 1.21. The van der Waals surface area contributed by atoms with E-state index in [4.69, 9.17) is 14.2 Å². The highest BCUT2D eigenvalue weighted by Gasteiger charge is 2.26. The van der Waals surface area contributed by atoms with E-state index in [1.807, 2.05) is 43.3 Å². The highest BCUT2D eigenvalue weighted by atomic mass is 19.1. The van der Waals surface area contributed by atoms with E-state index < -0.39 is 6.10 Å². The van der Waals surface area contributed by atoms with Crippen molar-refractivity contribution < 1.29 is 23.4 Å². The molecule has 0 spiro atoms. The van der Waals surface area contributed by atoms with Crippen LogP contribution in [0.15, 0.2) is 79.0 Å². The Balaban J connectivity index is 1.46. The van der Waals surface area contributed by atoms with E-state index in [2.05, 4.69) is 17.0 Å². The van der Waals surface area contributed by atoms with Gasteiger partial charge in [0.2, 0.25) is 12.7 Å². The van der Waals surface area contributed by atoms with E-state index in [1.54, 1.807) is 29.9 Å². The van der Waals surface area contributed by atoms with Gasteiger partial charge in [0.25, 0.3) is 0 Å². The SMILES string of the molecule is C=C(C)C(=O)N[C@@H](C)[C@H](Oc1ccc2c(cnn2-c2ccc(F)cc2)c1)c1ccc2c(c1)OCO2. The lowest BCUT2D eigenvalue weighted by Crippen LogP contribution is -2.39. The summed E-state index contributed by atoms with van der Waals surface area (Å²) in [5, 5.41) is 8.26. The number of nitrogens with zero attached hydrogens (tertiary/aromatic N) is 2. The zero-order valence-electron chi connectivity index (χ0n) is 19.3. The van der Waals surface area contributed by atoms with Crippen molar-refractivity contribution in [3.05, 3.63) is 90.4 Å². The molecule has 5 rings (SSSR count). The zero-order valence-corrected chi connectivity index (χ0v) is 19.3. The van der Waals surface area contributed by atoms with Crippen LogP contribution in [-0.2, 0) is 4.79 Å². The molecule has 0 radical (unpaired) electrons. The number of nitrogens with one attached hydrogen (secondary N) is 1. The van der Waals surface area contributed by atoms with Crippen LogP contribution >= 0.6 is 0 Å². The topological polar surface area (TPSA) is 74.6 Å². The highest BCUT2D eigenvalue weighted by molar-refractivity contribution is 5.92. The molecule has 0 bridgehead atoms. The smallest absolute Gasteiger partial charge is 0.246 e. The summed E-state index contributed by atoms with van der Waals surface area (Å²) in [4.78, 5) is 12.3. The summed E-state index contributed by atoms with van der Waals surface area (Å²) >= 11 is 0. The first-order chi connectivity index (χ1) is 16.9. The van der Waals surface area contributed by atoms with Gasteiger partial charge >= 0.3 is 0 Å². The van der Waals surface area contributed by atoms with Crippen LogP contribution in [0, 0.1) is 5.82 Å². The first-order valence-electron chi connectivity index (χ1n) is 11.2. The van der Waals surface area contributed by atoms with E-state index in [9.17, 15) is 9.18 Å². The normalized spacial score (nSPS) is 13.9. The van der Waals surface area contributed by atoms with Gasteiger partial charge in [-0.15, -0.1) is 0 Å². The Hall–Kier alpha value is -4.33. The lowest BCUT2D eigenvalue weighted by Gasteiger charge is -2.27. The maximum atomic E-state index is 13.3. The maximum absolute atomic E-state index is 13.3. The van der Waals surface area contributed by atoms with Gasteiger partial charge in [0.15, 0.2) is 11.5 Å². The number of halogens is 1. The molecule has 0 saturated heterocycles. The lowest BCUT2D eigenvalue weighted by molar-refractivity contribution is -0.118. The minimum absolute atomic E-state index is 0.168. The van der Waals surface area contributed by atoms with Crippen LogP contribution in [0.2, 0.25) is 0 Å². The Morgan fingerprint density at radius 1 is 1.11 bits per heavy atom. The average Bonchev–Trinajstić information content (AvgIpc) is 3.49. The second-order valence-corrected chi connectivity index (χ2v) is 8.45. The van der Waals surface area contributed by atoms with E-state index >= 15 is 0 Å². The van der Waals surface area contributed by atoms with Crippen LogP contribution in [0.5, 0.6) is 17.2 Å². The van der Waals surface area contributed by atoms with Gasteiger partial charge in [-0.05, 0) is 74.0 Å². The predicted molar refractivity (Wildman–Crippen MR) is 129 cm³/mol. The van der Waals surface area contributed by atoms with Crippen LogP contribution < -0.4 is 19.5 Å². The molecule has 7 nitrogen and oxygen atoms in total. The van der Waals surface area contributed by atoms with Crippen molar-refractivity contribution in [2.75, 3.05) is 6.79 Å². The molecule has 1 aliphatic rings. The average molecular weight is 474 g/mol. The summed E-state index contributed by atoms with van der Waals surface area (Å²) in [7, 11) is 0. The number of aromatic nitrogens is 2. The second-order valence-electron chi connectivity index (χ2n) is 8.45. The van der Waals surface area contributed by atoms with Crippen molar-refractivity contribution in [3.8, 4) is 22.9 Å². The van der Waals surface area contributed by atoms with Crippen molar-refractivity contribution in [2.24, 2.45) is 0 Å². The first-order valence-corrected chi connectivity index (χ1v) is 11.2. The molecule has 0 fully saturated rings. The zero-order chi connectivity index (χ0) is 24.5. The van der Waals surface area contributed by atoms with Gasteiger partial charge in [-0.1, -0.05) is 12.6 Å². The molecular weight excluding hydrogens is 449 g/mol. The molecule has 3 aromatic carbocycles. The number of rotatable bonds is 7. The quantitative estimate of drug-likeness (QED) is 0.378. The number of hydrogen-bond acceptors (Lipinski definition) is 5. The van der Waals surface area contributed by atoms with Gasteiger partial charge in [-0.3, -0.25) is 4.79 Å². The summed E-state index contributed by atoms with van der Waals surface area (Å²) in [5.41, 5.74) is 2.85. The second kappa shape index (κ2) is 9.13. The van der Waals surface area contributed by atoms with Gasteiger partial charge in [-0.25, -0.2) is 9.07 Å². The lowest BCUT2D eigenvalue weighted by atomic mass is 10.0. The molecule has 1 aromatic heterocycles. The number of carbonyl (C=O) groups is 1. The Morgan fingerprint density at radius 2 is 1.89 bits per heavy atom. The number of ether oxygens (including phenoxy) is 3. The molecule has 4 aromatic rings. The molecule has 0 aliphatic carbocycles.